The topological polar surface area (TPSA) is 134 Å². The van der Waals surface area contributed by atoms with Gasteiger partial charge in [0.25, 0.3) is 5.84 Å². The molecule has 3 aromatic rings. The number of nitrogens with two attached hydrogens (primary N) is 2. The molecule has 2 amide bonds. The number of hydrogen-bond acceptors (Lipinski definition) is 4. The Bertz CT molecular complexity index is 1200. The third-order valence-corrected chi connectivity index (χ3v) is 4.96. The summed E-state index contributed by atoms with van der Waals surface area (Å²) < 4.78 is 0. The van der Waals surface area contributed by atoms with Crippen LogP contribution < -0.4 is 16.0 Å². The van der Waals surface area contributed by atoms with Gasteiger partial charge in [-0.15, -0.1) is 0 Å². The van der Waals surface area contributed by atoms with Crippen LogP contribution in [0, 0.1) is 0 Å². The van der Waals surface area contributed by atoms with Crippen LogP contribution in [0.4, 0.5) is 10.5 Å². The van der Waals surface area contributed by atoms with Crippen molar-refractivity contribution >= 4 is 39.8 Å². The van der Waals surface area contributed by atoms with Crippen molar-refractivity contribution in [3.05, 3.63) is 71.5 Å². The third kappa shape index (κ3) is 4.49. The Hall–Kier alpha value is -3.91. The summed E-state index contributed by atoms with van der Waals surface area (Å²) in [6.45, 7) is -0.00431. The molecule has 0 unspecified atom stereocenters. The van der Waals surface area contributed by atoms with Gasteiger partial charge in [-0.1, -0.05) is 13.5 Å². The Balaban J connectivity index is 0.00000272. The highest BCUT2D eigenvalue weighted by Gasteiger charge is 2.24. The number of aliphatic imine (C=N–C) groups is 1. The first kappa shape index (κ1) is 21.8. The number of pyridine rings is 1. The molecule has 8 nitrogen and oxygen atoms in total. The number of amides is 2. The van der Waals surface area contributed by atoms with Crippen LogP contribution in [0.5, 0.6) is 0 Å². The number of aliphatic hydroxyl groups excluding tert-OH is 1. The first-order valence-electron chi connectivity index (χ1n) is 9.33. The minimum atomic E-state index is -0.421. The molecular weight excluding hydrogens is 394 g/mol. The van der Waals surface area contributed by atoms with E-state index < -0.39 is 6.03 Å². The highest BCUT2D eigenvalue weighted by Crippen LogP contribution is 2.21. The number of carbonyl (C=O) groups excluding carboxylic acids is 2. The molecule has 31 heavy (non-hydrogen) atoms. The highest BCUT2D eigenvalue weighted by molar-refractivity contribution is 6.12. The maximum Gasteiger partial charge on any atom is 0.348 e. The van der Waals surface area contributed by atoms with Crippen molar-refractivity contribution in [3.8, 4) is 0 Å². The number of fused-ring (bicyclic) bond motifs is 1. The fourth-order valence-corrected chi connectivity index (χ4v) is 3.33. The molecule has 0 radical (unpaired) electrons. The zero-order valence-electron chi connectivity index (χ0n) is 16.1. The van der Waals surface area contributed by atoms with Crippen LogP contribution in [0.15, 0.2) is 59.7 Å². The van der Waals surface area contributed by atoms with Gasteiger partial charge >= 0.3 is 6.03 Å². The average molecular weight is 418 g/mol. The van der Waals surface area contributed by atoms with Crippen LogP contribution in [0.2, 0.25) is 0 Å². The minimum Gasteiger partial charge on any atom is -0.390 e. The van der Waals surface area contributed by atoms with Crippen molar-refractivity contribution in [2.75, 3.05) is 18.1 Å². The van der Waals surface area contributed by atoms with Crippen molar-refractivity contribution in [3.63, 3.8) is 0 Å². The van der Waals surface area contributed by atoms with Gasteiger partial charge in [-0.2, -0.15) is 4.99 Å². The molecule has 1 aliphatic heterocycles. The van der Waals surface area contributed by atoms with E-state index >= 15 is 0 Å². The van der Waals surface area contributed by atoms with Gasteiger partial charge in [0, 0.05) is 28.5 Å². The molecule has 158 valence electrons. The van der Waals surface area contributed by atoms with Gasteiger partial charge in [0.15, 0.2) is 5.78 Å². The molecule has 4 rings (SSSR count). The lowest BCUT2D eigenvalue weighted by Gasteiger charge is -2.15. The number of aromatic nitrogens is 1. The summed E-state index contributed by atoms with van der Waals surface area (Å²) in [6.07, 6.45) is 1.85. The van der Waals surface area contributed by atoms with E-state index in [2.05, 4.69) is 9.98 Å². The summed E-state index contributed by atoms with van der Waals surface area (Å²) in [7, 11) is 0. The third-order valence-electron chi connectivity index (χ3n) is 4.96. The molecule has 0 fully saturated rings. The number of rotatable bonds is 6. The number of hydrogen-bond donors (Lipinski definition) is 3. The van der Waals surface area contributed by atoms with Gasteiger partial charge in [0.1, 0.15) is 0 Å². The van der Waals surface area contributed by atoms with Crippen LogP contribution in [-0.4, -0.2) is 46.6 Å². The molecule has 0 saturated heterocycles. The Morgan fingerprint density at radius 1 is 1.10 bits per heavy atom. The maximum absolute atomic E-state index is 12.7. The number of aliphatic hydroxyl groups is 1. The number of Topliss-reactive ketones (excluding diaryl/α,β-unsaturated/α-hetero) is 1. The predicted molar refractivity (Wildman–Crippen MR) is 120 cm³/mol. The fourth-order valence-electron chi connectivity index (χ4n) is 3.33. The van der Waals surface area contributed by atoms with Crippen LogP contribution in [0.25, 0.3) is 10.8 Å². The van der Waals surface area contributed by atoms with E-state index in [4.69, 9.17) is 16.2 Å². The second-order valence-electron chi connectivity index (χ2n) is 7.04. The molecule has 0 spiro atoms. The molecule has 1 aliphatic rings. The van der Waals surface area contributed by atoms with Gasteiger partial charge in [0.05, 0.1) is 30.8 Å². The molecule has 0 saturated carbocycles. The maximum atomic E-state index is 12.7. The van der Waals surface area contributed by atoms with Crippen molar-refractivity contribution < 1.29 is 20.1 Å². The number of ketones is 1. The zero-order chi connectivity index (χ0) is 21.3. The quantitative estimate of drug-likeness (QED) is 0.313. The lowest BCUT2D eigenvalue weighted by Crippen LogP contribution is -2.46. The van der Waals surface area contributed by atoms with Crippen LogP contribution in [0.3, 0.4) is 0 Å². The standard InChI is InChI=1S/C22H19N5O3.CH4/c23-21(24)15-2-1-14-8-17(25-10-16(14)7-15)9-20(29)13-3-5-19(6-4-13)27-11-18(12-28)26-22(27)30;/h1-8,10,28H,9,11-12H2,(H3,23,24);1H4/p+1. The minimum absolute atomic E-state index is 0. The molecular formula is C23H24N5O3+. The van der Waals surface area contributed by atoms with E-state index in [0.717, 1.165) is 16.3 Å². The molecule has 1 aromatic heterocycles. The summed E-state index contributed by atoms with van der Waals surface area (Å²) in [4.78, 5) is 34.2. The molecule has 0 atom stereocenters. The summed E-state index contributed by atoms with van der Waals surface area (Å²) in [6, 6.07) is 13.8. The van der Waals surface area contributed by atoms with Gasteiger partial charge in [-0.05, 0) is 47.9 Å². The van der Waals surface area contributed by atoms with Gasteiger partial charge in [0.2, 0.25) is 0 Å². The predicted octanol–water partition coefficient (Wildman–Crippen LogP) is 1.13. The number of urea groups is 1. The Kier molecular flexibility index (Phi) is 6.22. The Labute approximate surface area is 179 Å². The number of benzene rings is 2. The fraction of sp³-hybridized carbons (Fsp3) is 0.174. The van der Waals surface area contributed by atoms with Gasteiger partial charge in [-0.3, -0.25) is 25.8 Å². The van der Waals surface area contributed by atoms with Crippen LogP contribution in [-0.2, 0) is 6.42 Å². The average Bonchev–Trinajstić information content (AvgIpc) is 3.14. The summed E-state index contributed by atoms with van der Waals surface area (Å²) in [5.41, 5.74) is 8.59. The molecule has 5 N–H and O–H groups in total. The number of anilines is 1. The lowest BCUT2D eigenvalue weighted by molar-refractivity contribution is -0.114. The number of nitrogens with zero attached hydrogens (tertiary/aromatic N) is 3. The first-order valence-corrected chi connectivity index (χ1v) is 9.33. The highest BCUT2D eigenvalue weighted by atomic mass is 16.3. The Morgan fingerprint density at radius 2 is 1.81 bits per heavy atom. The summed E-state index contributed by atoms with van der Waals surface area (Å²) in [5.74, 6) is 0.166. The van der Waals surface area contributed by atoms with E-state index in [0.29, 0.717) is 22.7 Å². The summed E-state index contributed by atoms with van der Waals surface area (Å²) in [5, 5.41) is 16.6. The van der Waals surface area contributed by atoms with E-state index in [1.54, 1.807) is 30.5 Å². The lowest BCUT2D eigenvalue weighted by atomic mass is 10.0. The van der Waals surface area contributed by atoms with Crippen molar-refractivity contribution in [1.82, 2.24) is 4.98 Å². The van der Waals surface area contributed by atoms with Crippen LogP contribution in [0.1, 0.15) is 29.0 Å². The smallest absolute Gasteiger partial charge is 0.348 e. The SMILES string of the molecule is C.NC(=[NH2+])c1ccc2cc(CC(=O)c3ccc(N4CC(CO)=NC4=O)cc3)ncc2c1. The normalized spacial score (nSPS) is 13.1. The second kappa shape index (κ2) is 8.85. The van der Waals surface area contributed by atoms with Gasteiger partial charge in [-0.25, -0.2) is 4.79 Å². The van der Waals surface area contributed by atoms with Crippen molar-refractivity contribution in [2.45, 2.75) is 13.8 Å². The molecule has 0 aliphatic carbocycles. The molecule has 2 heterocycles. The number of amidine groups is 1. The van der Waals surface area contributed by atoms with E-state index in [9.17, 15) is 9.59 Å². The van der Waals surface area contributed by atoms with Gasteiger partial charge < -0.3 is 5.11 Å². The summed E-state index contributed by atoms with van der Waals surface area (Å²) >= 11 is 0. The number of carbonyl (C=O) groups is 2. The second-order valence-corrected chi connectivity index (χ2v) is 7.04. The van der Waals surface area contributed by atoms with E-state index in [1.807, 2.05) is 24.3 Å². The molecule has 0 bridgehead atoms. The monoisotopic (exact) mass is 418 g/mol. The van der Waals surface area contributed by atoms with E-state index in [-0.39, 0.29) is 38.6 Å². The van der Waals surface area contributed by atoms with Crippen LogP contribution >= 0.6 is 0 Å². The van der Waals surface area contributed by atoms with Crippen molar-refractivity contribution in [1.29, 1.82) is 0 Å². The Morgan fingerprint density at radius 3 is 2.45 bits per heavy atom. The molecule has 2 aromatic carbocycles. The largest absolute Gasteiger partial charge is 0.390 e. The molecule has 8 heteroatoms. The van der Waals surface area contributed by atoms with Crippen molar-refractivity contribution in [2.24, 2.45) is 10.7 Å². The van der Waals surface area contributed by atoms with E-state index in [1.165, 1.54) is 4.90 Å². The zero-order valence-corrected chi connectivity index (χ0v) is 16.1. The first-order chi connectivity index (χ1) is 14.4.